The highest BCUT2D eigenvalue weighted by atomic mass is 16.4. The summed E-state index contributed by atoms with van der Waals surface area (Å²) in [6, 6.07) is 11.7. The number of aliphatic hydroxyl groups is 1. The van der Waals surface area contributed by atoms with Crippen LogP contribution in [-0.2, 0) is 6.42 Å². The van der Waals surface area contributed by atoms with E-state index in [0.29, 0.717) is 18.8 Å². The van der Waals surface area contributed by atoms with Crippen LogP contribution in [-0.4, -0.2) is 35.6 Å². The quantitative estimate of drug-likeness (QED) is 0.888. The first-order valence-corrected chi connectivity index (χ1v) is 7.13. The topological polar surface area (TPSA) is 53.7 Å². The maximum Gasteiger partial charge on any atom is 0.289 e. The van der Waals surface area contributed by atoms with Crippen molar-refractivity contribution < 1.29 is 14.3 Å². The molecule has 4 heteroatoms. The van der Waals surface area contributed by atoms with Gasteiger partial charge in [0.05, 0.1) is 6.61 Å². The maximum atomic E-state index is 12.4. The van der Waals surface area contributed by atoms with E-state index in [9.17, 15) is 4.79 Å². The minimum atomic E-state index is -0.170. The first-order chi connectivity index (χ1) is 10.1. The summed E-state index contributed by atoms with van der Waals surface area (Å²) in [6.07, 6.45) is 0.755. The Kier molecular flexibility index (Phi) is 5.17. The second-order valence-electron chi connectivity index (χ2n) is 5.10. The fourth-order valence-electron chi connectivity index (χ4n) is 2.18. The molecule has 0 aliphatic carbocycles. The Morgan fingerprint density at radius 2 is 1.90 bits per heavy atom. The summed E-state index contributed by atoms with van der Waals surface area (Å²) in [4.78, 5) is 14.1. The first-order valence-electron chi connectivity index (χ1n) is 7.13. The van der Waals surface area contributed by atoms with Crippen LogP contribution >= 0.6 is 0 Å². The Balaban J connectivity index is 2.05. The van der Waals surface area contributed by atoms with Gasteiger partial charge < -0.3 is 14.4 Å². The number of rotatable bonds is 6. The Hall–Kier alpha value is -2.07. The van der Waals surface area contributed by atoms with Gasteiger partial charge in [-0.2, -0.15) is 0 Å². The number of carbonyl (C=O) groups is 1. The van der Waals surface area contributed by atoms with Gasteiger partial charge in [-0.1, -0.05) is 30.3 Å². The third-order valence-corrected chi connectivity index (χ3v) is 3.55. The van der Waals surface area contributed by atoms with Crippen molar-refractivity contribution >= 4 is 5.91 Å². The molecule has 4 nitrogen and oxygen atoms in total. The van der Waals surface area contributed by atoms with Gasteiger partial charge in [0.15, 0.2) is 5.76 Å². The van der Waals surface area contributed by atoms with Gasteiger partial charge in [0.1, 0.15) is 5.76 Å². The molecule has 2 aromatic rings. The van der Waals surface area contributed by atoms with Gasteiger partial charge in [-0.05, 0) is 37.5 Å². The molecule has 0 saturated carbocycles. The molecule has 0 radical (unpaired) electrons. The summed E-state index contributed by atoms with van der Waals surface area (Å²) in [5, 5.41) is 9.16. The van der Waals surface area contributed by atoms with E-state index in [4.69, 9.17) is 9.52 Å². The van der Waals surface area contributed by atoms with E-state index < -0.39 is 0 Å². The number of aryl methyl sites for hydroxylation is 2. The molecule has 112 valence electrons. The Morgan fingerprint density at radius 1 is 1.19 bits per heavy atom. The number of aliphatic hydroxyl groups excluding tert-OH is 1. The van der Waals surface area contributed by atoms with Crippen LogP contribution in [0.15, 0.2) is 40.8 Å². The summed E-state index contributed by atoms with van der Waals surface area (Å²) in [5.41, 5.74) is 2.13. The molecule has 0 saturated heterocycles. The Bertz CT molecular complexity index is 570. The third-order valence-electron chi connectivity index (χ3n) is 3.55. The zero-order valence-corrected chi connectivity index (χ0v) is 12.5. The number of hydrogen-bond donors (Lipinski definition) is 1. The maximum absolute atomic E-state index is 12.4. The van der Waals surface area contributed by atoms with E-state index in [0.717, 1.165) is 17.7 Å². The van der Waals surface area contributed by atoms with Gasteiger partial charge in [0, 0.05) is 13.1 Å². The number of furan rings is 1. The predicted octanol–water partition coefficient (Wildman–Crippen LogP) is 2.57. The highest BCUT2D eigenvalue weighted by molar-refractivity contribution is 5.91. The van der Waals surface area contributed by atoms with Crippen LogP contribution in [0.1, 0.15) is 27.4 Å². The van der Waals surface area contributed by atoms with Gasteiger partial charge in [-0.3, -0.25) is 4.79 Å². The molecular formula is C17H21NO3. The highest BCUT2D eigenvalue weighted by Gasteiger charge is 2.19. The van der Waals surface area contributed by atoms with E-state index in [1.165, 1.54) is 5.56 Å². The van der Waals surface area contributed by atoms with Crippen molar-refractivity contribution in [3.63, 3.8) is 0 Å². The number of amides is 1. The fraction of sp³-hybridized carbons (Fsp3) is 0.353. The molecule has 0 atom stereocenters. The average Bonchev–Trinajstić information content (AvgIpc) is 2.83. The molecule has 2 rings (SSSR count). The lowest BCUT2D eigenvalue weighted by Gasteiger charge is -2.20. The molecule has 1 amide bonds. The Morgan fingerprint density at radius 3 is 2.48 bits per heavy atom. The van der Waals surface area contributed by atoms with Gasteiger partial charge in [0.2, 0.25) is 0 Å². The minimum Gasteiger partial charge on any atom is -0.456 e. The number of carbonyl (C=O) groups excluding carboxylic acids is 1. The number of hydrogen-bond acceptors (Lipinski definition) is 3. The average molecular weight is 287 g/mol. The van der Waals surface area contributed by atoms with Crippen molar-refractivity contribution in [3.8, 4) is 0 Å². The lowest BCUT2D eigenvalue weighted by atomic mass is 10.1. The molecule has 0 bridgehead atoms. The molecule has 1 heterocycles. The molecule has 1 N–H and O–H groups in total. The molecule has 0 spiro atoms. The van der Waals surface area contributed by atoms with E-state index in [1.807, 2.05) is 44.2 Å². The molecule has 0 aliphatic rings. The summed E-state index contributed by atoms with van der Waals surface area (Å²) in [6.45, 7) is 4.56. The number of benzene rings is 1. The predicted molar refractivity (Wildman–Crippen MR) is 81.3 cm³/mol. The van der Waals surface area contributed by atoms with E-state index >= 15 is 0 Å². The lowest BCUT2D eigenvalue weighted by Crippen LogP contribution is -2.35. The van der Waals surface area contributed by atoms with E-state index in [1.54, 1.807) is 11.0 Å². The molecule has 0 unspecified atom stereocenters. The normalized spacial score (nSPS) is 10.6. The molecule has 0 fully saturated rings. The first kappa shape index (κ1) is 15.3. The van der Waals surface area contributed by atoms with Crippen molar-refractivity contribution in [2.45, 2.75) is 20.3 Å². The van der Waals surface area contributed by atoms with Crippen molar-refractivity contribution in [1.29, 1.82) is 0 Å². The van der Waals surface area contributed by atoms with Gasteiger partial charge in [-0.25, -0.2) is 0 Å². The summed E-state index contributed by atoms with van der Waals surface area (Å²) >= 11 is 0. The summed E-state index contributed by atoms with van der Waals surface area (Å²) < 4.78 is 5.48. The third kappa shape index (κ3) is 3.95. The van der Waals surface area contributed by atoms with Gasteiger partial charge >= 0.3 is 0 Å². The fourth-order valence-corrected chi connectivity index (χ4v) is 2.18. The molecule has 1 aromatic carbocycles. The molecular weight excluding hydrogens is 266 g/mol. The highest BCUT2D eigenvalue weighted by Crippen LogP contribution is 2.15. The second kappa shape index (κ2) is 7.09. The van der Waals surface area contributed by atoms with E-state index in [-0.39, 0.29) is 12.5 Å². The van der Waals surface area contributed by atoms with Crippen LogP contribution < -0.4 is 0 Å². The summed E-state index contributed by atoms with van der Waals surface area (Å²) in [5.74, 6) is 0.924. The monoisotopic (exact) mass is 287 g/mol. The second-order valence-corrected chi connectivity index (χ2v) is 5.10. The molecule has 0 aliphatic heterocycles. The van der Waals surface area contributed by atoms with Crippen molar-refractivity contribution in [1.82, 2.24) is 4.90 Å². The largest absolute Gasteiger partial charge is 0.456 e. The van der Waals surface area contributed by atoms with Gasteiger partial charge in [-0.15, -0.1) is 0 Å². The van der Waals surface area contributed by atoms with Crippen LogP contribution in [0.3, 0.4) is 0 Å². The Labute approximate surface area is 125 Å². The van der Waals surface area contributed by atoms with Crippen LogP contribution in [0.5, 0.6) is 0 Å². The summed E-state index contributed by atoms with van der Waals surface area (Å²) in [7, 11) is 0. The van der Waals surface area contributed by atoms with Crippen LogP contribution in [0.2, 0.25) is 0 Å². The minimum absolute atomic E-state index is 0.0563. The van der Waals surface area contributed by atoms with Crippen molar-refractivity contribution in [2.24, 2.45) is 0 Å². The zero-order valence-electron chi connectivity index (χ0n) is 12.5. The molecule has 21 heavy (non-hydrogen) atoms. The standard InChI is InChI=1S/C17H21NO3/c1-13-12-16(21-14(13)2)17(20)18(10-11-19)9-8-15-6-4-3-5-7-15/h3-7,12,19H,8-11H2,1-2H3. The van der Waals surface area contributed by atoms with Gasteiger partial charge in [0.25, 0.3) is 5.91 Å². The van der Waals surface area contributed by atoms with Crippen LogP contribution in [0.25, 0.3) is 0 Å². The molecule has 1 aromatic heterocycles. The van der Waals surface area contributed by atoms with Crippen molar-refractivity contribution in [3.05, 3.63) is 59.0 Å². The zero-order chi connectivity index (χ0) is 15.2. The smallest absolute Gasteiger partial charge is 0.289 e. The van der Waals surface area contributed by atoms with Crippen molar-refractivity contribution in [2.75, 3.05) is 19.7 Å². The van der Waals surface area contributed by atoms with E-state index in [2.05, 4.69) is 0 Å². The SMILES string of the molecule is Cc1cc(C(=O)N(CCO)CCc2ccccc2)oc1C. The van der Waals surface area contributed by atoms with Crippen LogP contribution in [0, 0.1) is 13.8 Å². The number of nitrogens with zero attached hydrogens (tertiary/aromatic N) is 1. The van der Waals surface area contributed by atoms with Crippen LogP contribution in [0.4, 0.5) is 0 Å². The lowest BCUT2D eigenvalue weighted by molar-refractivity contribution is 0.0691.